The SMILES string of the molecule is Cc1cc(F)cc(C(=O)OCCN2CCCC2=O)c1. The van der Waals surface area contributed by atoms with Crippen LogP contribution in [0.15, 0.2) is 18.2 Å². The van der Waals surface area contributed by atoms with Crippen LogP contribution in [-0.2, 0) is 9.53 Å². The van der Waals surface area contributed by atoms with Crippen LogP contribution < -0.4 is 0 Å². The number of ether oxygens (including phenoxy) is 1. The minimum Gasteiger partial charge on any atom is -0.460 e. The van der Waals surface area contributed by atoms with Gasteiger partial charge >= 0.3 is 5.97 Å². The Hall–Kier alpha value is -1.91. The number of esters is 1. The van der Waals surface area contributed by atoms with Gasteiger partial charge in [0.05, 0.1) is 12.1 Å². The highest BCUT2D eigenvalue weighted by Crippen LogP contribution is 2.11. The van der Waals surface area contributed by atoms with Crippen molar-refractivity contribution in [2.75, 3.05) is 19.7 Å². The number of hydrogen-bond donors (Lipinski definition) is 0. The monoisotopic (exact) mass is 265 g/mol. The molecular weight excluding hydrogens is 249 g/mol. The van der Waals surface area contributed by atoms with Gasteiger partial charge in [0.25, 0.3) is 0 Å². The van der Waals surface area contributed by atoms with Crippen molar-refractivity contribution in [1.82, 2.24) is 4.90 Å². The van der Waals surface area contributed by atoms with Crippen molar-refractivity contribution in [2.24, 2.45) is 0 Å². The van der Waals surface area contributed by atoms with Gasteiger partial charge in [-0.15, -0.1) is 0 Å². The summed E-state index contributed by atoms with van der Waals surface area (Å²) in [6.45, 7) is 2.97. The van der Waals surface area contributed by atoms with E-state index in [0.717, 1.165) is 19.0 Å². The number of nitrogens with zero attached hydrogens (tertiary/aromatic N) is 1. The van der Waals surface area contributed by atoms with Crippen LogP contribution in [0.5, 0.6) is 0 Å². The fraction of sp³-hybridized carbons (Fsp3) is 0.429. The maximum absolute atomic E-state index is 13.1. The topological polar surface area (TPSA) is 46.6 Å². The van der Waals surface area contributed by atoms with Crippen molar-refractivity contribution in [2.45, 2.75) is 19.8 Å². The van der Waals surface area contributed by atoms with Gasteiger partial charge in [0.2, 0.25) is 5.91 Å². The summed E-state index contributed by atoms with van der Waals surface area (Å²) >= 11 is 0. The summed E-state index contributed by atoms with van der Waals surface area (Å²) in [5.74, 6) is -0.923. The van der Waals surface area contributed by atoms with Crippen LogP contribution in [0.3, 0.4) is 0 Å². The Labute approximate surface area is 111 Å². The lowest BCUT2D eigenvalue weighted by Gasteiger charge is -2.15. The van der Waals surface area contributed by atoms with E-state index in [0.29, 0.717) is 18.5 Å². The van der Waals surface area contributed by atoms with Gasteiger partial charge in [-0.1, -0.05) is 0 Å². The molecule has 102 valence electrons. The summed E-state index contributed by atoms with van der Waals surface area (Å²) in [7, 11) is 0. The summed E-state index contributed by atoms with van der Waals surface area (Å²) in [5, 5.41) is 0. The Kier molecular flexibility index (Phi) is 4.14. The van der Waals surface area contributed by atoms with Gasteiger partial charge in [-0.25, -0.2) is 9.18 Å². The predicted octanol–water partition coefficient (Wildman–Crippen LogP) is 1.91. The largest absolute Gasteiger partial charge is 0.460 e. The molecule has 0 N–H and O–H groups in total. The predicted molar refractivity (Wildman–Crippen MR) is 67.2 cm³/mol. The summed E-state index contributed by atoms with van der Waals surface area (Å²) in [6, 6.07) is 4.07. The molecule has 5 heteroatoms. The highest BCUT2D eigenvalue weighted by atomic mass is 19.1. The highest BCUT2D eigenvalue weighted by molar-refractivity contribution is 5.89. The third-order valence-electron chi connectivity index (χ3n) is 3.04. The van der Waals surface area contributed by atoms with Crippen LogP contribution in [0.1, 0.15) is 28.8 Å². The molecule has 0 radical (unpaired) electrons. The van der Waals surface area contributed by atoms with Crippen molar-refractivity contribution in [3.63, 3.8) is 0 Å². The first-order valence-electron chi connectivity index (χ1n) is 6.28. The van der Waals surface area contributed by atoms with Crippen molar-refractivity contribution in [1.29, 1.82) is 0 Å². The number of likely N-dealkylation sites (tertiary alicyclic amines) is 1. The molecule has 0 atom stereocenters. The molecule has 0 saturated carbocycles. The van der Waals surface area contributed by atoms with Crippen LogP contribution in [-0.4, -0.2) is 36.5 Å². The number of rotatable bonds is 4. The van der Waals surface area contributed by atoms with Gasteiger partial charge in [0.15, 0.2) is 0 Å². The van der Waals surface area contributed by atoms with E-state index < -0.39 is 11.8 Å². The lowest BCUT2D eigenvalue weighted by Crippen LogP contribution is -2.29. The minimum absolute atomic E-state index is 0.0950. The molecule has 0 unspecified atom stereocenters. The van der Waals surface area contributed by atoms with Gasteiger partial charge in [0.1, 0.15) is 12.4 Å². The summed E-state index contributed by atoms with van der Waals surface area (Å²) in [5.41, 5.74) is 0.868. The van der Waals surface area contributed by atoms with E-state index in [9.17, 15) is 14.0 Å². The van der Waals surface area contributed by atoms with Gasteiger partial charge < -0.3 is 9.64 Å². The van der Waals surface area contributed by atoms with E-state index in [4.69, 9.17) is 4.74 Å². The number of amides is 1. The molecule has 19 heavy (non-hydrogen) atoms. The summed E-state index contributed by atoms with van der Waals surface area (Å²) < 4.78 is 18.2. The Balaban J connectivity index is 1.85. The molecule has 1 heterocycles. The second-order valence-corrected chi connectivity index (χ2v) is 4.64. The standard InChI is InChI=1S/C14H16FNO3/c1-10-7-11(9-12(15)8-10)14(18)19-6-5-16-4-2-3-13(16)17/h7-9H,2-6H2,1H3. The molecule has 2 rings (SSSR count). The number of carbonyl (C=O) groups excluding carboxylic acids is 2. The third kappa shape index (κ3) is 3.53. The average Bonchev–Trinajstić information content (AvgIpc) is 2.74. The molecule has 1 aromatic carbocycles. The van der Waals surface area contributed by atoms with Crippen LogP contribution in [0.2, 0.25) is 0 Å². The van der Waals surface area contributed by atoms with Crippen LogP contribution in [0.4, 0.5) is 4.39 Å². The van der Waals surface area contributed by atoms with E-state index in [1.54, 1.807) is 17.9 Å². The van der Waals surface area contributed by atoms with Gasteiger partial charge in [-0.2, -0.15) is 0 Å². The van der Waals surface area contributed by atoms with Gasteiger partial charge in [-0.3, -0.25) is 4.79 Å². The van der Waals surface area contributed by atoms with Crippen LogP contribution in [0, 0.1) is 12.7 Å². The van der Waals surface area contributed by atoms with Crippen molar-refractivity contribution in [3.8, 4) is 0 Å². The smallest absolute Gasteiger partial charge is 0.338 e. The summed E-state index contributed by atoms with van der Waals surface area (Å²) in [4.78, 5) is 24.7. The van der Waals surface area contributed by atoms with E-state index >= 15 is 0 Å². The lowest BCUT2D eigenvalue weighted by molar-refractivity contribution is -0.128. The minimum atomic E-state index is -0.561. The molecule has 0 spiro atoms. The molecule has 0 bridgehead atoms. The van der Waals surface area contributed by atoms with Gasteiger partial charge in [-0.05, 0) is 37.1 Å². The zero-order chi connectivity index (χ0) is 13.8. The Morgan fingerprint density at radius 3 is 2.84 bits per heavy atom. The number of halogens is 1. The molecule has 0 aromatic heterocycles. The fourth-order valence-corrected chi connectivity index (χ4v) is 2.13. The first-order chi connectivity index (χ1) is 9.06. The van der Waals surface area contributed by atoms with Crippen molar-refractivity contribution in [3.05, 3.63) is 35.1 Å². The second-order valence-electron chi connectivity index (χ2n) is 4.64. The maximum Gasteiger partial charge on any atom is 0.338 e. The zero-order valence-corrected chi connectivity index (χ0v) is 10.8. The molecule has 1 aliphatic rings. The van der Waals surface area contributed by atoms with Gasteiger partial charge in [0, 0.05) is 13.0 Å². The molecule has 1 aliphatic heterocycles. The van der Waals surface area contributed by atoms with E-state index in [-0.39, 0.29) is 18.1 Å². The molecule has 1 fully saturated rings. The Morgan fingerprint density at radius 2 is 2.21 bits per heavy atom. The molecule has 1 saturated heterocycles. The highest BCUT2D eigenvalue weighted by Gasteiger charge is 2.20. The Bertz CT molecular complexity index is 481. The van der Waals surface area contributed by atoms with E-state index in [1.807, 2.05) is 0 Å². The van der Waals surface area contributed by atoms with E-state index in [1.165, 1.54) is 6.07 Å². The van der Waals surface area contributed by atoms with Crippen molar-refractivity contribution >= 4 is 11.9 Å². The number of benzene rings is 1. The molecule has 1 amide bonds. The molecule has 4 nitrogen and oxygen atoms in total. The molecular formula is C14H16FNO3. The molecule has 1 aromatic rings. The Morgan fingerprint density at radius 1 is 1.42 bits per heavy atom. The van der Waals surface area contributed by atoms with E-state index in [2.05, 4.69) is 0 Å². The number of hydrogen-bond acceptors (Lipinski definition) is 3. The first kappa shape index (κ1) is 13.5. The average molecular weight is 265 g/mol. The van der Waals surface area contributed by atoms with Crippen molar-refractivity contribution < 1.29 is 18.7 Å². The fourth-order valence-electron chi connectivity index (χ4n) is 2.13. The zero-order valence-electron chi connectivity index (χ0n) is 10.8. The maximum atomic E-state index is 13.1. The lowest BCUT2D eigenvalue weighted by atomic mass is 10.1. The number of carbonyl (C=O) groups is 2. The van der Waals surface area contributed by atoms with Crippen LogP contribution >= 0.6 is 0 Å². The third-order valence-corrected chi connectivity index (χ3v) is 3.04. The summed E-state index contributed by atoms with van der Waals surface area (Å²) in [6.07, 6.45) is 1.42. The molecule has 0 aliphatic carbocycles. The normalized spacial score (nSPS) is 14.8. The van der Waals surface area contributed by atoms with Crippen LogP contribution in [0.25, 0.3) is 0 Å². The quantitative estimate of drug-likeness (QED) is 0.781. The number of aryl methyl sites for hydroxylation is 1. The second kappa shape index (κ2) is 5.82. The first-order valence-corrected chi connectivity index (χ1v) is 6.28.